The van der Waals surface area contributed by atoms with Gasteiger partial charge in [0.2, 0.25) is 5.91 Å². The molecule has 0 saturated carbocycles. The maximum atomic E-state index is 11.4. The summed E-state index contributed by atoms with van der Waals surface area (Å²) in [5.74, 6) is 0.232. The summed E-state index contributed by atoms with van der Waals surface area (Å²) in [6, 6.07) is 0.505. The highest BCUT2D eigenvalue weighted by Crippen LogP contribution is 2.14. The van der Waals surface area contributed by atoms with Gasteiger partial charge in [0.1, 0.15) is 0 Å². The van der Waals surface area contributed by atoms with Gasteiger partial charge in [0.15, 0.2) is 0 Å². The molecule has 0 radical (unpaired) electrons. The lowest BCUT2D eigenvalue weighted by Gasteiger charge is -2.32. The van der Waals surface area contributed by atoms with Crippen LogP contribution in [-0.2, 0) is 4.79 Å². The average molecular weight is 234 g/mol. The van der Waals surface area contributed by atoms with Gasteiger partial charge in [-0.3, -0.25) is 14.8 Å². The number of amides is 1. The number of rotatable bonds is 3. The largest absolute Gasteiger partial charge is 0.344 e. The Balaban J connectivity index is 1.91. The van der Waals surface area contributed by atoms with E-state index in [4.69, 9.17) is 0 Å². The van der Waals surface area contributed by atoms with Crippen LogP contribution in [0.1, 0.15) is 31.5 Å². The lowest BCUT2D eigenvalue weighted by atomic mass is 10.0. The number of piperidine rings is 1. The molecule has 1 aromatic rings. The van der Waals surface area contributed by atoms with E-state index in [9.17, 15) is 4.79 Å². The lowest BCUT2D eigenvalue weighted by molar-refractivity contribution is -0.132. The zero-order valence-corrected chi connectivity index (χ0v) is 10.3. The van der Waals surface area contributed by atoms with Crippen LogP contribution in [-0.4, -0.2) is 40.4 Å². The van der Waals surface area contributed by atoms with Crippen LogP contribution < -0.4 is 5.32 Å². The van der Waals surface area contributed by atoms with Crippen LogP contribution >= 0.6 is 0 Å². The average Bonchev–Trinajstić information content (AvgIpc) is 2.35. The summed E-state index contributed by atoms with van der Waals surface area (Å²) in [6.07, 6.45) is 6.66. The van der Waals surface area contributed by atoms with Crippen molar-refractivity contribution in [1.29, 1.82) is 0 Å². The van der Waals surface area contributed by atoms with E-state index in [1.807, 2.05) is 7.05 Å². The topological polar surface area (TPSA) is 58.1 Å². The Hall–Kier alpha value is -1.49. The van der Waals surface area contributed by atoms with Gasteiger partial charge in [0.05, 0.1) is 5.69 Å². The lowest BCUT2D eigenvalue weighted by Crippen LogP contribution is -2.47. The third kappa shape index (κ3) is 3.00. The van der Waals surface area contributed by atoms with E-state index in [-0.39, 0.29) is 11.9 Å². The Morgan fingerprint density at radius 3 is 3.00 bits per heavy atom. The Morgan fingerprint density at radius 1 is 1.53 bits per heavy atom. The predicted molar refractivity (Wildman–Crippen MR) is 64.2 cm³/mol. The number of carbonyl (C=O) groups excluding carboxylic acids is 1. The molecule has 1 aromatic heterocycles. The van der Waals surface area contributed by atoms with Crippen molar-refractivity contribution in [2.24, 2.45) is 0 Å². The monoisotopic (exact) mass is 234 g/mol. The van der Waals surface area contributed by atoms with Crippen molar-refractivity contribution in [3.8, 4) is 0 Å². The maximum absolute atomic E-state index is 11.4. The van der Waals surface area contributed by atoms with Gasteiger partial charge in [-0.2, -0.15) is 0 Å². The summed E-state index contributed by atoms with van der Waals surface area (Å²) in [4.78, 5) is 21.5. The van der Waals surface area contributed by atoms with Gasteiger partial charge >= 0.3 is 0 Å². The van der Waals surface area contributed by atoms with Crippen LogP contribution in [0.5, 0.6) is 0 Å². The summed E-state index contributed by atoms with van der Waals surface area (Å²) in [6.45, 7) is 2.84. The van der Waals surface area contributed by atoms with Gasteiger partial charge in [-0.15, -0.1) is 0 Å². The minimum absolute atomic E-state index is 0.162. The van der Waals surface area contributed by atoms with E-state index in [2.05, 4.69) is 22.2 Å². The molecule has 17 heavy (non-hydrogen) atoms. The zero-order valence-electron chi connectivity index (χ0n) is 10.3. The number of hydrogen-bond donors (Lipinski definition) is 1. The van der Waals surface area contributed by atoms with Crippen LogP contribution in [0, 0.1) is 0 Å². The molecule has 1 saturated heterocycles. The standard InChI is InChI=1S/C12H18N4O/c1-9(11-7-13-5-6-14-11)15-10-3-4-12(17)16(2)8-10/h5-7,9-10,15H,3-4,8H2,1-2H3. The van der Waals surface area contributed by atoms with Gasteiger partial charge in [-0.1, -0.05) is 0 Å². The van der Waals surface area contributed by atoms with E-state index in [0.29, 0.717) is 12.5 Å². The smallest absolute Gasteiger partial charge is 0.222 e. The third-order valence-electron chi connectivity index (χ3n) is 3.14. The number of carbonyl (C=O) groups is 1. The number of likely N-dealkylation sites (N-methyl/N-ethyl adjacent to an activating group) is 1. The third-order valence-corrected chi connectivity index (χ3v) is 3.14. The molecule has 2 heterocycles. The maximum Gasteiger partial charge on any atom is 0.222 e. The number of likely N-dealkylation sites (tertiary alicyclic amines) is 1. The van der Waals surface area contributed by atoms with Gasteiger partial charge in [0, 0.05) is 50.7 Å². The Labute approximate surface area is 101 Å². The van der Waals surface area contributed by atoms with Crippen molar-refractivity contribution < 1.29 is 4.79 Å². The quantitative estimate of drug-likeness (QED) is 0.838. The van der Waals surface area contributed by atoms with E-state index in [1.165, 1.54) is 0 Å². The molecule has 0 aromatic carbocycles. The van der Waals surface area contributed by atoms with Crippen LogP contribution in [0.15, 0.2) is 18.6 Å². The number of hydrogen-bond acceptors (Lipinski definition) is 4. The van der Waals surface area contributed by atoms with Gasteiger partial charge < -0.3 is 10.2 Å². The molecule has 0 bridgehead atoms. The molecule has 2 unspecified atom stereocenters. The SMILES string of the molecule is CC(NC1CCC(=O)N(C)C1)c1cnccn1. The number of aromatic nitrogens is 2. The minimum atomic E-state index is 0.162. The van der Waals surface area contributed by atoms with E-state index >= 15 is 0 Å². The molecule has 2 atom stereocenters. The minimum Gasteiger partial charge on any atom is -0.344 e. The van der Waals surface area contributed by atoms with Crippen molar-refractivity contribution in [3.05, 3.63) is 24.3 Å². The summed E-state index contributed by atoms with van der Waals surface area (Å²) in [5.41, 5.74) is 0.937. The van der Waals surface area contributed by atoms with Crippen molar-refractivity contribution >= 4 is 5.91 Å². The number of nitrogens with zero attached hydrogens (tertiary/aromatic N) is 3. The molecule has 1 N–H and O–H groups in total. The predicted octanol–water partition coefficient (Wildman–Crippen LogP) is 0.748. The van der Waals surface area contributed by atoms with Crippen molar-refractivity contribution in [1.82, 2.24) is 20.2 Å². The molecule has 5 nitrogen and oxygen atoms in total. The highest BCUT2D eigenvalue weighted by Gasteiger charge is 2.24. The fourth-order valence-corrected chi connectivity index (χ4v) is 2.12. The molecule has 1 aliphatic rings. The van der Waals surface area contributed by atoms with Gasteiger partial charge in [0.25, 0.3) is 0 Å². The molecule has 1 fully saturated rings. The second-order valence-electron chi connectivity index (χ2n) is 4.53. The fraction of sp³-hybridized carbons (Fsp3) is 0.583. The van der Waals surface area contributed by atoms with Crippen LogP contribution in [0.3, 0.4) is 0 Å². The molecule has 2 rings (SSSR count). The highest BCUT2D eigenvalue weighted by atomic mass is 16.2. The normalized spacial score (nSPS) is 22.6. The molecule has 0 spiro atoms. The molecular formula is C12H18N4O. The molecule has 0 aliphatic carbocycles. The van der Waals surface area contributed by atoms with Crippen LogP contribution in [0.2, 0.25) is 0 Å². The van der Waals surface area contributed by atoms with E-state index in [1.54, 1.807) is 23.5 Å². The summed E-state index contributed by atoms with van der Waals surface area (Å²) in [7, 11) is 1.85. The molecule has 5 heteroatoms. The molecule has 92 valence electrons. The van der Waals surface area contributed by atoms with Gasteiger partial charge in [-0.05, 0) is 13.3 Å². The second-order valence-corrected chi connectivity index (χ2v) is 4.53. The Morgan fingerprint density at radius 2 is 2.35 bits per heavy atom. The summed E-state index contributed by atoms with van der Waals surface area (Å²) in [5, 5.41) is 3.49. The van der Waals surface area contributed by atoms with Crippen molar-refractivity contribution in [2.45, 2.75) is 31.8 Å². The van der Waals surface area contributed by atoms with Crippen molar-refractivity contribution in [2.75, 3.05) is 13.6 Å². The van der Waals surface area contributed by atoms with Crippen LogP contribution in [0.4, 0.5) is 0 Å². The zero-order chi connectivity index (χ0) is 12.3. The molecular weight excluding hydrogens is 216 g/mol. The highest BCUT2D eigenvalue weighted by molar-refractivity contribution is 5.76. The first kappa shape index (κ1) is 12.0. The van der Waals surface area contributed by atoms with Gasteiger partial charge in [-0.25, -0.2) is 0 Å². The molecule has 1 aliphatic heterocycles. The number of nitrogens with one attached hydrogen (secondary N) is 1. The Kier molecular flexibility index (Phi) is 3.68. The molecule has 1 amide bonds. The van der Waals surface area contributed by atoms with E-state index in [0.717, 1.165) is 18.7 Å². The first-order chi connectivity index (χ1) is 8.16. The summed E-state index contributed by atoms with van der Waals surface area (Å²) < 4.78 is 0. The van der Waals surface area contributed by atoms with E-state index < -0.39 is 0 Å². The van der Waals surface area contributed by atoms with Crippen LogP contribution in [0.25, 0.3) is 0 Å². The Bertz CT molecular complexity index is 381. The fourth-order valence-electron chi connectivity index (χ4n) is 2.12. The second kappa shape index (κ2) is 5.23. The first-order valence-electron chi connectivity index (χ1n) is 5.92. The first-order valence-corrected chi connectivity index (χ1v) is 5.92. The van der Waals surface area contributed by atoms with Crippen molar-refractivity contribution in [3.63, 3.8) is 0 Å². The summed E-state index contributed by atoms with van der Waals surface area (Å²) >= 11 is 0.